The van der Waals surface area contributed by atoms with Crippen LogP contribution in [-0.2, 0) is 4.74 Å². The molecule has 1 unspecified atom stereocenters. The Kier molecular flexibility index (Phi) is 10.8. The zero-order chi connectivity index (χ0) is 31.8. The SMILES string of the molecule is CCNC(O)c1cc(-c2nn(-c3ccccc3)c(NC(=O)N[C@@H]3CN(CCOC)C[C@H]3c3ccccc3)c2C)cnc1OCC. The van der Waals surface area contributed by atoms with Gasteiger partial charge in [-0.2, -0.15) is 5.10 Å². The van der Waals surface area contributed by atoms with E-state index in [-0.39, 0.29) is 18.0 Å². The van der Waals surface area contributed by atoms with Crippen molar-refractivity contribution < 1.29 is 19.4 Å². The second kappa shape index (κ2) is 15.1. The molecular formula is C34H43N7O4. The average molecular weight is 614 g/mol. The number of rotatable bonds is 13. The van der Waals surface area contributed by atoms with Crippen molar-refractivity contribution in [2.24, 2.45) is 0 Å². The largest absolute Gasteiger partial charge is 0.478 e. The predicted molar refractivity (Wildman–Crippen MR) is 175 cm³/mol. The summed E-state index contributed by atoms with van der Waals surface area (Å²) in [5.41, 5.74) is 4.58. The van der Waals surface area contributed by atoms with Gasteiger partial charge in [0.25, 0.3) is 0 Å². The first-order valence-corrected chi connectivity index (χ1v) is 15.5. The van der Waals surface area contributed by atoms with Gasteiger partial charge in [-0.25, -0.2) is 14.5 Å². The fourth-order valence-electron chi connectivity index (χ4n) is 5.81. The van der Waals surface area contributed by atoms with E-state index in [2.05, 4.69) is 38.0 Å². The minimum absolute atomic E-state index is 0.0949. The second-order valence-corrected chi connectivity index (χ2v) is 11.1. The maximum Gasteiger partial charge on any atom is 0.320 e. The standard InChI is InChI=1S/C34H43N7O4/c1-5-35-32(42)27-19-25(20-36-33(27)45-6-2)30-23(3)31(41(39-30)26-15-11-8-12-16-26)38-34(43)37-29-22-40(17-18-44-4)21-28(29)24-13-9-7-10-14-24/h7-16,19-20,28-29,32,35,42H,5-6,17-18,21-22H2,1-4H3,(H2,37,38,43)/t28-,29+,32?/m0/s1. The number of nitrogens with one attached hydrogen (secondary N) is 3. The Morgan fingerprint density at radius 2 is 1.82 bits per heavy atom. The van der Waals surface area contributed by atoms with Crippen LogP contribution in [-0.4, -0.2) is 83.3 Å². The van der Waals surface area contributed by atoms with Crippen LogP contribution in [0.25, 0.3) is 16.9 Å². The Bertz CT molecular complexity index is 1550. The lowest BCUT2D eigenvalue weighted by Gasteiger charge is -2.21. The topological polar surface area (TPSA) is 126 Å². The Labute approximate surface area is 264 Å². The maximum atomic E-state index is 13.7. The smallest absolute Gasteiger partial charge is 0.320 e. The number of nitrogens with zero attached hydrogens (tertiary/aromatic N) is 4. The lowest BCUT2D eigenvalue weighted by Crippen LogP contribution is -2.42. The zero-order valence-electron chi connectivity index (χ0n) is 26.4. The molecule has 1 aliphatic heterocycles. The molecule has 11 nitrogen and oxygen atoms in total. The Hall–Kier alpha value is -4.29. The first kappa shape index (κ1) is 32.1. The molecule has 3 atom stereocenters. The third kappa shape index (κ3) is 7.51. The van der Waals surface area contributed by atoms with E-state index in [0.717, 1.165) is 24.3 Å². The molecule has 0 bridgehead atoms. The molecule has 4 N–H and O–H groups in total. The van der Waals surface area contributed by atoms with E-state index < -0.39 is 6.23 Å². The van der Waals surface area contributed by atoms with E-state index in [4.69, 9.17) is 14.6 Å². The Morgan fingerprint density at radius 1 is 1.09 bits per heavy atom. The number of ether oxygens (including phenoxy) is 2. The molecule has 4 aromatic rings. The number of methoxy groups -OCH3 is 1. The third-order valence-electron chi connectivity index (χ3n) is 8.03. The van der Waals surface area contributed by atoms with Gasteiger partial charge in [-0.3, -0.25) is 15.5 Å². The van der Waals surface area contributed by atoms with Crippen LogP contribution < -0.4 is 20.7 Å². The fourth-order valence-corrected chi connectivity index (χ4v) is 5.81. The summed E-state index contributed by atoms with van der Waals surface area (Å²) in [6.07, 6.45) is 0.718. The highest BCUT2D eigenvalue weighted by molar-refractivity contribution is 5.91. The van der Waals surface area contributed by atoms with Crippen molar-refractivity contribution in [3.63, 3.8) is 0 Å². The highest BCUT2D eigenvalue weighted by atomic mass is 16.5. The fraction of sp³-hybridized carbons (Fsp3) is 0.382. The molecule has 0 saturated carbocycles. The van der Waals surface area contributed by atoms with Crippen LogP contribution in [0.15, 0.2) is 72.9 Å². The third-order valence-corrected chi connectivity index (χ3v) is 8.03. The van der Waals surface area contributed by atoms with Gasteiger partial charge >= 0.3 is 6.03 Å². The number of amides is 2. The minimum atomic E-state index is -0.962. The number of aromatic nitrogens is 3. The second-order valence-electron chi connectivity index (χ2n) is 11.1. The number of aliphatic hydroxyl groups is 1. The van der Waals surface area contributed by atoms with Crippen molar-refractivity contribution >= 4 is 11.8 Å². The van der Waals surface area contributed by atoms with Crippen LogP contribution in [0.3, 0.4) is 0 Å². The minimum Gasteiger partial charge on any atom is -0.478 e. The van der Waals surface area contributed by atoms with E-state index in [1.165, 1.54) is 5.56 Å². The van der Waals surface area contributed by atoms with Gasteiger partial charge in [0.05, 0.1) is 36.2 Å². The lowest BCUT2D eigenvalue weighted by atomic mass is 9.94. The van der Waals surface area contributed by atoms with Gasteiger partial charge < -0.3 is 19.9 Å². The number of anilines is 1. The quantitative estimate of drug-likeness (QED) is 0.163. The van der Waals surface area contributed by atoms with Crippen LogP contribution >= 0.6 is 0 Å². The molecule has 238 valence electrons. The molecule has 1 fully saturated rings. The van der Waals surface area contributed by atoms with Crippen molar-refractivity contribution in [3.05, 3.63) is 89.6 Å². The molecule has 2 amide bonds. The molecule has 3 heterocycles. The summed E-state index contributed by atoms with van der Waals surface area (Å²) in [6.45, 7) is 9.66. The molecular weight excluding hydrogens is 570 g/mol. The molecule has 1 aliphatic rings. The van der Waals surface area contributed by atoms with Crippen molar-refractivity contribution in [2.45, 2.75) is 39.0 Å². The number of likely N-dealkylation sites (tertiary alicyclic amines) is 1. The van der Waals surface area contributed by atoms with Gasteiger partial charge in [-0.1, -0.05) is 55.5 Å². The van der Waals surface area contributed by atoms with E-state index >= 15 is 0 Å². The summed E-state index contributed by atoms with van der Waals surface area (Å²) in [5, 5.41) is 25.1. The maximum absolute atomic E-state index is 13.7. The van der Waals surface area contributed by atoms with Crippen molar-refractivity contribution in [3.8, 4) is 22.8 Å². The van der Waals surface area contributed by atoms with Crippen molar-refractivity contribution in [1.29, 1.82) is 0 Å². The van der Waals surface area contributed by atoms with Gasteiger partial charge in [-0.05, 0) is 44.2 Å². The van der Waals surface area contributed by atoms with Gasteiger partial charge in [0.1, 0.15) is 12.0 Å². The number of hydrogen-bond acceptors (Lipinski definition) is 8. The van der Waals surface area contributed by atoms with Crippen molar-refractivity contribution in [2.75, 3.05) is 51.8 Å². The van der Waals surface area contributed by atoms with E-state index in [0.29, 0.717) is 54.8 Å². The summed E-state index contributed by atoms with van der Waals surface area (Å²) >= 11 is 0. The predicted octanol–water partition coefficient (Wildman–Crippen LogP) is 4.48. The highest BCUT2D eigenvalue weighted by Crippen LogP contribution is 2.34. The molecule has 0 radical (unpaired) electrons. The first-order valence-electron chi connectivity index (χ1n) is 15.5. The molecule has 11 heteroatoms. The number of hydrogen-bond donors (Lipinski definition) is 4. The van der Waals surface area contributed by atoms with E-state index in [9.17, 15) is 9.90 Å². The summed E-state index contributed by atoms with van der Waals surface area (Å²) < 4.78 is 12.7. The number of pyridine rings is 1. The number of urea groups is 1. The Balaban J connectivity index is 1.46. The number of benzene rings is 2. The molecule has 5 rings (SSSR count). The molecule has 2 aromatic carbocycles. The van der Waals surface area contributed by atoms with Gasteiger partial charge in [0.15, 0.2) is 0 Å². The number of carbonyl (C=O) groups excluding carboxylic acids is 1. The van der Waals surface area contributed by atoms with Crippen LogP contribution in [0.1, 0.15) is 42.7 Å². The van der Waals surface area contributed by atoms with E-state index in [1.54, 1.807) is 18.0 Å². The normalized spacial score (nSPS) is 17.3. The van der Waals surface area contributed by atoms with Gasteiger partial charge in [-0.15, -0.1) is 0 Å². The van der Waals surface area contributed by atoms with Gasteiger partial charge in [0, 0.05) is 50.0 Å². The highest BCUT2D eigenvalue weighted by Gasteiger charge is 2.35. The van der Waals surface area contributed by atoms with Gasteiger partial charge in [0.2, 0.25) is 5.88 Å². The van der Waals surface area contributed by atoms with E-state index in [1.807, 2.05) is 75.4 Å². The molecule has 2 aromatic heterocycles. The van der Waals surface area contributed by atoms with Crippen LogP contribution in [0, 0.1) is 6.92 Å². The molecule has 0 spiro atoms. The first-order chi connectivity index (χ1) is 21.9. The molecule has 0 aliphatic carbocycles. The van der Waals surface area contributed by atoms with Crippen LogP contribution in [0.2, 0.25) is 0 Å². The van der Waals surface area contributed by atoms with Crippen molar-refractivity contribution in [1.82, 2.24) is 30.3 Å². The molecule has 45 heavy (non-hydrogen) atoms. The zero-order valence-corrected chi connectivity index (χ0v) is 26.4. The summed E-state index contributed by atoms with van der Waals surface area (Å²) in [6, 6.07) is 21.4. The number of carbonyl (C=O) groups is 1. The lowest BCUT2D eigenvalue weighted by molar-refractivity contribution is 0.136. The average Bonchev–Trinajstić information content (AvgIpc) is 3.61. The van der Waals surface area contributed by atoms with Crippen LogP contribution in [0.4, 0.5) is 10.6 Å². The summed E-state index contributed by atoms with van der Waals surface area (Å²) in [7, 11) is 1.70. The summed E-state index contributed by atoms with van der Waals surface area (Å²) in [5.74, 6) is 1.04. The molecule has 1 saturated heterocycles. The summed E-state index contributed by atoms with van der Waals surface area (Å²) in [4.78, 5) is 20.5. The van der Waals surface area contributed by atoms with Crippen LogP contribution in [0.5, 0.6) is 5.88 Å². The Morgan fingerprint density at radius 3 is 2.51 bits per heavy atom. The monoisotopic (exact) mass is 613 g/mol. The number of aliphatic hydroxyl groups excluding tert-OH is 1. The number of para-hydroxylation sites is 1.